The molecule has 2 unspecified atom stereocenters. The molecule has 0 saturated carbocycles. The molecule has 2 heterocycles. The summed E-state index contributed by atoms with van der Waals surface area (Å²) in [4.78, 5) is 44.6. The maximum absolute atomic E-state index is 13.9. The molecule has 1 aliphatic carbocycles. The van der Waals surface area contributed by atoms with Crippen molar-refractivity contribution in [1.82, 2.24) is 4.98 Å². The first-order valence-corrected chi connectivity index (χ1v) is 12.2. The van der Waals surface area contributed by atoms with Crippen LogP contribution in [-0.2, 0) is 14.4 Å². The lowest BCUT2D eigenvalue weighted by molar-refractivity contribution is -0.138. The predicted octanol–water partition coefficient (Wildman–Crippen LogP) is 4.86. The van der Waals surface area contributed by atoms with E-state index in [9.17, 15) is 19.5 Å². The Morgan fingerprint density at radius 3 is 2.51 bits per heavy atom. The summed E-state index contributed by atoms with van der Waals surface area (Å²) in [5.74, 6) is -0.778. The molecule has 0 bridgehead atoms. The van der Waals surface area contributed by atoms with Gasteiger partial charge in [-0.25, -0.2) is 0 Å². The van der Waals surface area contributed by atoms with Gasteiger partial charge in [-0.2, -0.15) is 0 Å². The molecule has 0 saturated heterocycles. The molecule has 2 aliphatic rings. The third kappa shape index (κ3) is 4.82. The van der Waals surface area contributed by atoms with Gasteiger partial charge in [-0.3, -0.25) is 24.3 Å². The molecule has 0 spiro atoms. The van der Waals surface area contributed by atoms with Gasteiger partial charge in [0.15, 0.2) is 5.78 Å². The van der Waals surface area contributed by atoms with Crippen LogP contribution in [0.2, 0.25) is 0 Å². The normalized spacial score (nSPS) is 18.8. The van der Waals surface area contributed by atoms with E-state index in [1.54, 1.807) is 30.5 Å². The van der Waals surface area contributed by atoms with E-state index < -0.39 is 12.0 Å². The number of aliphatic carboxylic acids is 1. The van der Waals surface area contributed by atoms with Crippen LogP contribution in [0.3, 0.4) is 0 Å². The number of Topliss-reactive ketones (excluding diaryl/α,β-unsaturated/α-hetero) is 1. The number of ketones is 1. The Morgan fingerprint density at radius 1 is 1.03 bits per heavy atom. The summed E-state index contributed by atoms with van der Waals surface area (Å²) in [5, 5.41) is 12.7. The quantitative estimate of drug-likeness (QED) is 0.501. The average Bonchev–Trinajstić information content (AvgIpc) is 3.07. The molecule has 2 atom stereocenters. The Morgan fingerprint density at radius 2 is 1.81 bits per heavy atom. The van der Waals surface area contributed by atoms with Crippen LogP contribution in [0, 0.1) is 0 Å². The number of rotatable bonds is 6. The summed E-state index contributed by atoms with van der Waals surface area (Å²) in [6.45, 7) is 0. The van der Waals surface area contributed by atoms with Crippen LogP contribution in [-0.4, -0.2) is 34.9 Å². The number of carbonyl (C=O) groups is 3. The lowest BCUT2D eigenvalue weighted by atomic mass is 9.78. The monoisotopic (exact) mass is 497 g/mol. The number of carboxylic acids is 1. The number of benzene rings is 2. The summed E-state index contributed by atoms with van der Waals surface area (Å²) < 4.78 is 5.28. The molecule has 2 N–H and O–H groups in total. The summed E-state index contributed by atoms with van der Waals surface area (Å²) in [6.07, 6.45) is 3.67. The summed E-state index contributed by atoms with van der Waals surface area (Å²) in [7, 11) is 1.62. The molecule has 1 aliphatic heterocycles. The zero-order chi connectivity index (χ0) is 25.9. The fraction of sp³-hybridized carbons (Fsp3) is 0.241. The zero-order valence-corrected chi connectivity index (χ0v) is 20.4. The third-order valence-electron chi connectivity index (χ3n) is 6.90. The van der Waals surface area contributed by atoms with Gasteiger partial charge in [-0.15, -0.1) is 0 Å². The van der Waals surface area contributed by atoms with E-state index in [2.05, 4.69) is 10.3 Å². The van der Waals surface area contributed by atoms with Gasteiger partial charge in [0.25, 0.3) is 0 Å². The van der Waals surface area contributed by atoms with E-state index >= 15 is 0 Å². The number of nitrogens with zero attached hydrogens (tertiary/aromatic N) is 2. The van der Waals surface area contributed by atoms with Gasteiger partial charge in [-0.05, 0) is 53.8 Å². The van der Waals surface area contributed by atoms with Crippen molar-refractivity contribution in [2.24, 2.45) is 0 Å². The number of ether oxygens (including phenoxy) is 1. The Balaban J connectivity index is 1.64. The van der Waals surface area contributed by atoms with Crippen LogP contribution in [0.5, 0.6) is 5.75 Å². The highest BCUT2D eigenvalue weighted by molar-refractivity contribution is 6.06. The Kier molecular flexibility index (Phi) is 6.72. The van der Waals surface area contributed by atoms with E-state index in [4.69, 9.17) is 4.74 Å². The predicted molar refractivity (Wildman–Crippen MR) is 138 cm³/mol. The molecule has 188 valence electrons. The maximum Gasteiger partial charge on any atom is 0.303 e. The fourth-order valence-electron chi connectivity index (χ4n) is 5.16. The number of allylic oxidation sites excluding steroid dienone is 1. The largest absolute Gasteiger partial charge is 0.497 e. The molecular formula is C29H27N3O5. The number of hydrogen-bond acceptors (Lipinski definition) is 6. The van der Waals surface area contributed by atoms with Crippen LogP contribution >= 0.6 is 0 Å². The number of pyridine rings is 1. The van der Waals surface area contributed by atoms with Crippen molar-refractivity contribution < 1.29 is 24.2 Å². The van der Waals surface area contributed by atoms with Gasteiger partial charge in [0.2, 0.25) is 5.91 Å². The topological polar surface area (TPSA) is 109 Å². The highest BCUT2D eigenvalue weighted by Gasteiger charge is 2.41. The zero-order valence-electron chi connectivity index (χ0n) is 20.4. The highest BCUT2D eigenvalue weighted by Crippen LogP contribution is 2.47. The van der Waals surface area contributed by atoms with Crippen molar-refractivity contribution in [3.63, 3.8) is 0 Å². The van der Waals surface area contributed by atoms with Crippen LogP contribution < -0.4 is 15.0 Å². The van der Waals surface area contributed by atoms with Crippen molar-refractivity contribution in [2.45, 2.75) is 37.6 Å². The molecule has 0 fully saturated rings. The molecule has 5 rings (SSSR count). The molecule has 1 aromatic heterocycles. The third-order valence-corrected chi connectivity index (χ3v) is 6.90. The van der Waals surface area contributed by atoms with Crippen LogP contribution in [0.15, 0.2) is 84.3 Å². The van der Waals surface area contributed by atoms with E-state index in [1.165, 1.54) is 0 Å². The number of carbonyl (C=O) groups excluding carboxylic acids is 2. The average molecular weight is 498 g/mol. The maximum atomic E-state index is 13.9. The second-order valence-electron chi connectivity index (χ2n) is 9.18. The van der Waals surface area contributed by atoms with Crippen LogP contribution in [0.4, 0.5) is 11.4 Å². The molecule has 1 amide bonds. The molecule has 8 heteroatoms. The van der Waals surface area contributed by atoms with E-state index in [-0.39, 0.29) is 36.9 Å². The number of hydrogen-bond donors (Lipinski definition) is 2. The first-order valence-electron chi connectivity index (χ1n) is 12.2. The number of anilines is 2. The van der Waals surface area contributed by atoms with Crippen molar-refractivity contribution >= 4 is 29.0 Å². The number of nitrogens with one attached hydrogen (secondary N) is 1. The molecule has 2 aromatic carbocycles. The fourth-order valence-corrected chi connectivity index (χ4v) is 5.16. The molecule has 3 aromatic rings. The minimum absolute atomic E-state index is 0.0411. The van der Waals surface area contributed by atoms with Crippen molar-refractivity contribution in [2.75, 3.05) is 17.3 Å². The molecule has 0 radical (unpaired) electrons. The number of methoxy groups -OCH3 is 1. The van der Waals surface area contributed by atoms with Crippen LogP contribution in [0.25, 0.3) is 0 Å². The second-order valence-corrected chi connectivity index (χ2v) is 9.18. The van der Waals surface area contributed by atoms with E-state index in [0.717, 1.165) is 17.0 Å². The van der Waals surface area contributed by atoms with Gasteiger partial charge in [0, 0.05) is 36.5 Å². The van der Waals surface area contributed by atoms with Crippen molar-refractivity contribution in [1.29, 1.82) is 0 Å². The smallest absolute Gasteiger partial charge is 0.303 e. The van der Waals surface area contributed by atoms with Gasteiger partial charge in [-0.1, -0.05) is 30.3 Å². The standard InChI is InChI=1S/C29H27N3O5/c1-37-21-10-8-18(9-11-21)20-15-23-28(25(33)16-20)29(19-5-4-14-30-17-19)32(26(34)12-13-27(35)36)24-7-3-2-6-22(24)31-23/h2-11,14,17,20,29,31H,12-13,15-16H2,1H3,(H,35,36). The number of carboxylic acid groups (broad SMARTS) is 1. The minimum atomic E-state index is -1.05. The first-order chi connectivity index (χ1) is 18.0. The Labute approximate surface area is 214 Å². The molecular weight excluding hydrogens is 470 g/mol. The first kappa shape index (κ1) is 24.2. The number of fused-ring (bicyclic) bond motifs is 1. The lowest BCUT2D eigenvalue weighted by Crippen LogP contribution is -2.38. The lowest BCUT2D eigenvalue weighted by Gasteiger charge is -2.35. The highest BCUT2D eigenvalue weighted by atomic mass is 16.5. The Hall–Kier alpha value is -4.46. The summed E-state index contributed by atoms with van der Waals surface area (Å²) >= 11 is 0. The minimum Gasteiger partial charge on any atom is -0.497 e. The van der Waals surface area contributed by atoms with Gasteiger partial charge in [0.05, 0.1) is 30.9 Å². The van der Waals surface area contributed by atoms with Crippen molar-refractivity contribution in [3.8, 4) is 5.75 Å². The number of para-hydroxylation sites is 2. The van der Waals surface area contributed by atoms with Gasteiger partial charge < -0.3 is 15.2 Å². The molecule has 37 heavy (non-hydrogen) atoms. The molecule has 8 nitrogen and oxygen atoms in total. The Bertz CT molecular complexity index is 1370. The summed E-state index contributed by atoms with van der Waals surface area (Å²) in [6, 6.07) is 18.0. The van der Waals surface area contributed by atoms with Gasteiger partial charge in [0.1, 0.15) is 5.75 Å². The van der Waals surface area contributed by atoms with Crippen LogP contribution in [0.1, 0.15) is 48.8 Å². The number of amides is 1. The second kappa shape index (κ2) is 10.3. The number of aromatic nitrogens is 1. The summed E-state index contributed by atoms with van der Waals surface area (Å²) in [5.41, 5.74) is 4.27. The van der Waals surface area contributed by atoms with E-state index in [1.807, 2.05) is 54.6 Å². The van der Waals surface area contributed by atoms with Crippen molar-refractivity contribution in [3.05, 3.63) is 95.5 Å². The van der Waals surface area contributed by atoms with Gasteiger partial charge >= 0.3 is 5.97 Å². The SMILES string of the molecule is COc1ccc(C2CC(=O)C3=C(C2)Nc2ccccc2N(C(=O)CCC(=O)O)C3c2cccnc2)cc1. The van der Waals surface area contributed by atoms with E-state index in [0.29, 0.717) is 28.9 Å².